The van der Waals surface area contributed by atoms with Gasteiger partial charge in [-0.2, -0.15) is 0 Å². The zero-order valence-electron chi connectivity index (χ0n) is 9.50. The van der Waals surface area contributed by atoms with Crippen molar-refractivity contribution in [3.63, 3.8) is 0 Å². The molecule has 0 spiro atoms. The molecule has 84 valence electrons. The van der Waals surface area contributed by atoms with Crippen LogP contribution in [0.25, 0.3) is 0 Å². The quantitative estimate of drug-likeness (QED) is 0.696. The van der Waals surface area contributed by atoms with Gasteiger partial charge in [0.2, 0.25) is 0 Å². The molecule has 2 aliphatic rings. The Kier molecular flexibility index (Phi) is 1.79. The van der Waals surface area contributed by atoms with E-state index >= 15 is 0 Å². The molecule has 2 unspecified atom stereocenters. The Bertz CT molecular complexity index is 509. The van der Waals surface area contributed by atoms with Gasteiger partial charge in [0, 0.05) is 5.56 Å². The molecule has 0 N–H and O–H groups in total. The first-order valence-corrected chi connectivity index (χ1v) is 5.66. The van der Waals surface area contributed by atoms with Crippen molar-refractivity contribution < 1.29 is 9.47 Å². The van der Waals surface area contributed by atoms with Crippen molar-refractivity contribution in [2.45, 2.75) is 25.0 Å². The molecule has 3 rings (SSSR count). The fourth-order valence-electron chi connectivity index (χ4n) is 2.72. The molecule has 0 aromatic heterocycles. The molecule has 0 fully saturated rings. The number of fused-ring (bicyclic) bond motifs is 5. The summed E-state index contributed by atoms with van der Waals surface area (Å²) >= 11 is 6.36. The molecule has 0 saturated carbocycles. The second kappa shape index (κ2) is 2.82. The molecule has 0 saturated heterocycles. The van der Waals surface area contributed by atoms with Crippen LogP contribution in [0.2, 0.25) is 5.02 Å². The van der Waals surface area contributed by atoms with Crippen LogP contribution in [0.4, 0.5) is 0 Å². The molecule has 3 heteroatoms. The fourth-order valence-corrected chi connectivity index (χ4v) is 3.15. The number of halogens is 1. The predicted octanol–water partition coefficient (Wildman–Crippen LogP) is 3.38. The first-order valence-electron chi connectivity index (χ1n) is 5.28. The van der Waals surface area contributed by atoms with E-state index in [-0.39, 0.29) is 5.60 Å². The van der Waals surface area contributed by atoms with Gasteiger partial charge in [-0.05, 0) is 37.6 Å². The molecule has 16 heavy (non-hydrogen) atoms. The Labute approximate surface area is 99.8 Å². The summed E-state index contributed by atoms with van der Waals surface area (Å²) in [5.74, 6) is 0.704. The lowest BCUT2D eigenvalue weighted by Gasteiger charge is -2.20. The van der Waals surface area contributed by atoms with Gasteiger partial charge in [-0.15, -0.1) is 0 Å². The monoisotopic (exact) mass is 236 g/mol. The zero-order chi connectivity index (χ0) is 11.6. The fraction of sp³-hybridized carbons (Fsp3) is 0.385. The van der Waals surface area contributed by atoms with Gasteiger partial charge in [0.25, 0.3) is 0 Å². The normalized spacial score (nSPS) is 34.2. The van der Waals surface area contributed by atoms with Crippen LogP contribution in [0.5, 0.6) is 5.75 Å². The van der Waals surface area contributed by atoms with Crippen molar-refractivity contribution in [3.05, 3.63) is 40.4 Å². The van der Waals surface area contributed by atoms with Crippen molar-refractivity contribution >= 4 is 11.6 Å². The number of benzene rings is 1. The minimum Gasteiger partial charge on any atom is -0.495 e. The van der Waals surface area contributed by atoms with E-state index in [4.69, 9.17) is 21.1 Å². The van der Waals surface area contributed by atoms with Gasteiger partial charge in [-0.1, -0.05) is 17.7 Å². The third-order valence-electron chi connectivity index (χ3n) is 3.50. The average molecular weight is 237 g/mol. The van der Waals surface area contributed by atoms with E-state index in [0.717, 1.165) is 11.1 Å². The van der Waals surface area contributed by atoms with Crippen molar-refractivity contribution in [1.29, 1.82) is 0 Å². The highest BCUT2D eigenvalue weighted by Gasteiger charge is 2.52. The summed E-state index contributed by atoms with van der Waals surface area (Å²) in [6.07, 6.45) is 4.17. The lowest BCUT2D eigenvalue weighted by molar-refractivity contribution is -0.0495. The highest BCUT2D eigenvalue weighted by Crippen LogP contribution is 2.56. The Morgan fingerprint density at radius 1 is 1.19 bits per heavy atom. The van der Waals surface area contributed by atoms with Crippen LogP contribution >= 0.6 is 11.6 Å². The Hall–Kier alpha value is -0.990. The molecule has 2 atom stereocenters. The molecule has 0 aliphatic carbocycles. The van der Waals surface area contributed by atoms with E-state index in [0.29, 0.717) is 10.8 Å². The number of ether oxygens (including phenoxy) is 2. The maximum Gasteiger partial charge on any atom is 0.137 e. The third kappa shape index (κ3) is 1.01. The van der Waals surface area contributed by atoms with E-state index in [2.05, 4.69) is 19.1 Å². The molecule has 2 aliphatic heterocycles. The van der Waals surface area contributed by atoms with Gasteiger partial charge in [-0.25, -0.2) is 0 Å². The minimum atomic E-state index is -0.407. The van der Waals surface area contributed by atoms with Crippen molar-refractivity contribution in [1.82, 2.24) is 0 Å². The molecular weight excluding hydrogens is 224 g/mol. The van der Waals surface area contributed by atoms with E-state index < -0.39 is 5.60 Å². The molecular formula is C13H13ClO2. The summed E-state index contributed by atoms with van der Waals surface area (Å²) in [5, 5.41) is 0.663. The van der Waals surface area contributed by atoms with E-state index in [1.807, 2.05) is 19.1 Å². The van der Waals surface area contributed by atoms with Crippen molar-refractivity contribution in [2.75, 3.05) is 7.11 Å². The first-order chi connectivity index (χ1) is 7.50. The van der Waals surface area contributed by atoms with Gasteiger partial charge in [0.15, 0.2) is 0 Å². The third-order valence-corrected chi connectivity index (χ3v) is 3.88. The minimum absolute atomic E-state index is 0.333. The van der Waals surface area contributed by atoms with Crippen LogP contribution in [0.15, 0.2) is 24.3 Å². The lowest BCUT2D eigenvalue weighted by atomic mass is 9.83. The van der Waals surface area contributed by atoms with Gasteiger partial charge in [0.1, 0.15) is 17.0 Å². The Morgan fingerprint density at radius 2 is 1.88 bits per heavy atom. The molecule has 1 aromatic rings. The van der Waals surface area contributed by atoms with Crippen LogP contribution < -0.4 is 4.74 Å². The first kappa shape index (κ1) is 10.2. The van der Waals surface area contributed by atoms with Gasteiger partial charge < -0.3 is 9.47 Å². The van der Waals surface area contributed by atoms with E-state index in [9.17, 15) is 0 Å². The van der Waals surface area contributed by atoms with Gasteiger partial charge in [0.05, 0.1) is 12.1 Å². The molecule has 2 nitrogen and oxygen atoms in total. The standard InChI is InChI=1S/C13H13ClO2/c1-12-6-7-13(2,16-12)10-8(12)4-5-9(15-3)11(10)14/h4-7H,1-3H3. The SMILES string of the molecule is COc1ccc2c(c1Cl)C1(C)C=CC2(C)O1. The van der Waals surface area contributed by atoms with Crippen molar-refractivity contribution in [2.24, 2.45) is 0 Å². The Morgan fingerprint density at radius 3 is 2.56 bits per heavy atom. The number of rotatable bonds is 1. The predicted molar refractivity (Wildman–Crippen MR) is 62.9 cm³/mol. The van der Waals surface area contributed by atoms with Crippen LogP contribution in [0, 0.1) is 0 Å². The summed E-state index contributed by atoms with van der Waals surface area (Å²) in [6.45, 7) is 4.09. The summed E-state index contributed by atoms with van der Waals surface area (Å²) in [7, 11) is 1.63. The van der Waals surface area contributed by atoms with Crippen LogP contribution in [0.1, 0.15) is 25.0 Å². The lowest BCUT2D eigenvalue weighted by Crippen LogP contribution is -2.17. The smallest absolute Gasteiger partial charge is 0.137 e. The van der Waals surface area contributed by atoms with E-state index in [1.165, 1.54) is 0 Å². The second-order valence-corrected chi connectivity index (χ2v) is 5.03. The summed E-state index contributed by atoms with van der Waals surface area (Å²) in [4.78, 5) is 0. The number of methoxy groups -OCH3 is 1. The zero-order valence-corrected chi connectivity index (χ0v) is 10.3. The topological polar surface area (TPSA) is 18.5 Å². The highest BCUT2D eigenvalue weighted by molar-refractivity contribution is 6.33. The van der Waals surface area contributed by atoms with Crippen LogP contribution in [-0.4, -0.2) is 7.11 Å². The molecule has 2 heterocycles. The summed E-state index contributed by atoms with van der Waals surface area (Å²) in [6, 6.07) is 3.93. The summed E-state index contributed by atoms with van der Waals surface area (Å²) in [5.41, 5.74) is 1.44. The largest absolute Gasteiger partial charge is 0.495 e. The molecule has 0 amide bonds. The van der Waals surface area contributed by atoms with Crippen LogP contribution in [-0.2, 0) is 15.9 Å². The van der Waals surface area contributed by atoms with Gasteiger partial charge >= 0.3 is 0 Å². The molecule has 1 aromatic carbocycles. The van der Waals surface area contributed by atoms with Gasteiger partial charge in [-0.3, -0.25) is 0 Å². The molecule has 0 radical (unpaired) electrons. The second-order valence-electron chi connectivity index (χ2n) is 4.65. The molecule has 2 bridgehead atoms. The van der Waals surface area contributed by atoms with Crippen molar-refractivity contribution in [3.8, 4) is 5.75 Å². The average Bonchev–Trinajstić information content (AvgIpc) is 2.66. The summed E-state index contributed by atoms with van der Waals surface area (Å²) < 4.78 is 11.3. The Balaban J connectivity index is 2.32. The highest BCUT2D eigenvalue weighted by atomic mass is 35.5. The maximum absolute atomic E-state index is 6.36. The number of hydrogen-bond donors (Lipinski definition) is 0. The van der Waals surface area contributed by atoms with Crippen LogP contribution in [0.3, 0.4) is 0 Å². The van der Waals surface area contributed by atoms with E-state index in [1.54, 1.807) is 7.11 Å². The number of hydrogen-bond acceptors (Lipinski definition) is 2. The maximum atomic E-state index is 6.36.